The van der Waals surface area contributed by atoms with Gasteiger partial charge in [-0.25, -0.2) is 13.8 Å². The summed E-state index contributed by atoms with van der Waals surface area (Å²) in [6.45, 7) is 0. The molecule has 14 heavy (non-hydrogen) atoms. The number of hydrogen-bond acceptors (Lipinski definition) is 5. The standard InChI is InChI=1S/C6H5F2N3O3/c7-5(8)3-2(12)1-10-6(9)4(3)11(13)14/h1,5,12H,(H2,9,10). The Morgan fingerprint density at radius 3 is 2.57 bits per heavy atom. The van der Waals surface area contributed by atoms with Crippen LogP contribution in [0, 0.1) is 10.1 Å². The minimum atomic E-state index is -3.18. The van der Waals surface area contributed by atoms with Crippen LogP contribution in [0.5, 0.6) is 5.75 Å². The van der Waals surface area contributed by atoms with Gasteiger partial charge in [0, 0.05) is 0 Å². The van der Waals surface area contributed by atoms with Crippen LogP contribution in [0.4, 0.5) is 20.3 Å². The summed E-state index contributed by atoms with van der Waals surface area (Å²) in [6.07, 6.45) is -2.54. The van der Waals surface area contributed by atoms with E-state index >= 15 is 0 Å². The molecule has 0 saturated carbocycles. The summed E-state index contributed by atoms with van der Waals surface area (Å²) in [7, 11) is 0. The van der Waals surface area contributed by atoms with Gasteiger partial charge in [0.2, 0.25) is 5.82 Å². The molecule has 0 radical (unpaired) electrons. The van der Waals surface area contributed by atoms with Crippen molar-refractivity contribution in [2.24, 2.45) is 0 Å². The molecule has 0 aliphatic rings. The Morgan fingerprint density at radius 1 is 1.64 bits per heavy atom. The van der Waals surface area contributed by atoms with E-state index in [-0.39, 0.29) is 0 Å². The number of pyridine rings is 1. The van der Waals surface area contributed by atoms with E-state index in [9.17, 15) is 18.9 Å². The van der Waals surface area contributed by atoms with E-state index in [0.29, 0.717) is 6.20 Å². The average Bonchev–Trinajstić information content (AvgIpc) is 2.07. The number of anilines is 1. The fourth-order valence-corrected chi connectivity index (χ4v) is 0.928. The SMILES string of the molecule is Nc1ncc(O)c(C(F)F)c1[N+](=O)[O-]. The lowest BCUT2D eigenvalue weighted by Gasteiger charge is -2.04. The van der Waals surface area contributed by atoms with Gasteiger partial charge in [-0.3, -0.25) is 10.1 Å². The molecule has 0 saturated heterocycles. The Bertz CT molecular complexity index is 383. The monoisotopic (exact) mass is 205 g/mol. The van der Waals surface area contributed by atoms with Crippen molar-refractivity contribution in [2.75, 3.05) is 5.73 Å². The number of nitro groups is 1. The van der Waals surface area contributed by atoms with E-state index in [4.69, 9.17) is 10.8 Å². The molecule has 6 nitrogen and oxygen atoms in total. The van der Waals surface area contributed by atoms with Crippen molar-refractivity contribution in [1.82, 2.24) is 4.98 Å². The summed E-state index contributed by atoms with van der Waals surface area (Å²) < 4.78 is 24.6. The van der Waals surface area contributed by atoms with Crippen LogP contribution in [0.25, 0.3) is 0 Å². The first-order chi connectivity index (χ1) is 6.45. The van der Waals surface area contributed by atoms with Crippen molar-refractivity contribution in [2.45, 2.75) is 6.43 Å². The molecule has 3 N–H and O–H groups in total. The van der Waals surface area contributed by atoms with Gasteiger partial charge < -0.3 is 10.8 Å². The van der Waals surface area contributed by atoms with Gasteiger partial charge in [-0.1, -0.05) is 0 Å². The lowest BCUT2D eigenvalue weighted by molar-refractivity contribution is -0.385. The summed E-state index contributed by atoms with van der Waals surface area (Å²) in [4.78, 5) is 12.4. The number of aromatic nitrogens is 1. The van der Waals surface area contributed by atoms with Crippen molar-refractivity contribution >= 4 is 11.5 Å². The van der Waals surface area contributed by atoms with Crippen LogP contribution in [0.1, 0.15) is 12.0 Å². The molecule has 0 unspecified atom stereocenters. The fourth-order valence-electron chi connectivity index (χ4n) is 0.928. The topological polar surface area (TPSA) is 102 Å². The average molecular weight is 205 g/mol. The Labute approximate surface area is 76.1 Å². The van der Waals surface area contributed by atoms with Gasteiger partial charge in [0.1, 0.15) is 11.3 Å². The minimum Gasteiger partial charge on any atom is -0.506 e. The summed E-state index contributed by atoms with van der Waals surface area (Å²) >= 11 is 0. The molecule has 76 valence electrons. The van der Waals surface area contributed by atoms with Gasteiger partial charge in [0.15, 0.2) is 0 Å². The molecule has 0 aromatic carbocycles. The van der Waals surface area contributed by atoms with Crippen molar-refractivity contribution in [3.8, 4) is 5.75 Å². The quantitative estimate of drug-likeness (QED) is 0.558. The van der Waals surface area contributed by atoms with Gasteiger partial charge in [-0.15, -0.1) is 0 Å². The van der Waals surface area contributed by atoms with Crippen molar-refractivity contribution in [1.29, 1.82) is 0 Å². The summed E-state index contributed by atoms with van der Waals surface area (Å²) in [5, 5.41) is 19.3. The van der Waals surface area contributed by atoms with E-state index in [1.54, 1.807) is 0 Å². The molecular formula is C6H5F2N3O3. The van der Waals surface area contributed by atoms with Crippen LogP contribution < -0.4 is 5.73 Å². The van der Waals surface area contributed by atoms with Gasteiger partial charge in [-0.2, -0.15) is 0 Å². The molecule has 1 aromatic rings. The zero-order valence-corrected chi connectivity index (χ0v) is 6.65. The number of rotatable bonds is 2. The third-order valence-electron chi connectivity index (χ3n) is 1.50. The third kappa shape index (κ3) is 1.53. The summed E-state index contributed by atoms with van der Waals surface area (Å²) in [6, 6.07) is 0. The molecule has 0 bridgehead atoms. The molecule has 1 rings (SSSR count). The number of aromatic hydroxyl groups is 1. The minimum absolute atomic E-state index is 0.643. The maximum absolute atomic E-state index is 12.3. The molecule has 0 aliphatic carbocycles. The maximum atomic E-state index is 12.3. The van der Waals surface area contributed by atoms with Gasteiger partial charge in [0.25, 0.3) is 6.43 Å². The second kappa shape index (κ2) is 3.40. The molecule has 1 aromatic heterocycles. The highest BCUT2D eigenvalue weighted by molar-refractivity contribution is 5.61. The first-order valence-corrected chi connectivity index (χ1v) is 3.35. The Hall–Kier alpha value is -1.99. The van der Waals surface area contributed by atoms with E-state index in [1.807, 2.05) is 0 Å². The third-order valence-corrected chi connectivity index (χ3v) is 1.50. The van der Waals surface area contributed by atoms with Crippen molar-refractivity contribution in [3.63, 3.8) is 0 Å². The fraction of sp³-hybridized carbons (Fsp3) is 0.167. The van der Waals surface area contributed by atoms with Gasteiger partial charge in [-0.05, 0) is 0 Å². The van der Waals surface area contributed by atoms with E-state index in [0.717, 1.165) is 0 Å². The number of nitrogen functional groups attached to an aromatic ring is 1. The van der Waals surface area contributed by atoms with Crippen molar-refractivity contribution in [3.05, 3.63) is 21.9 Å². The highest BCUT2D eigenvalue weighted by Gasteiger charge is 2.29. The van der Waals surface area contributed by atoms with Crippen LogP contribution in [-0.4, -0.2) is 15.0 Å². The second-order valence-electron chi connectivity index (χ2n) is 2.35. The molecule has 0 spiro atoms. The highest BCUT2D eigenvalue weighted by Crippen LogP contribution is 2.38. The molecule has 0 amide bonds. The Morgan fingerprint density at radius 2 is 2.21 bits per heavy atom. The van der Waals surface area contributed by atoms with E-state index in [1.165, 1.54) is 0 Å². The predicted octanol–water partition coefficient (Wildman–Crippen LogP) is 1.22. The zero-order valence-electron chi connectivity index (χ0n) is 6.65. The van der Waals surface area contributed by atoms with E-state index < -0.39 is 34.2 Å². The Kier molecular flexibility index (Phi) is 2.45. The lowest BCUT2D eigenvalue weighted by Crippen LogP contribution is -2.03. The van der Waals surface area contributed by atoms with Gasteiger partial charge >= 0.3 is 5.69 Å². The lowest BCUT2D eigenvalue weighted by atomic mass is 10.2. The van der Waals surface area contributed by atoms with Crippen molar-refractivity contribution < 1.29 is 18.8 Å². The number of hydrogen-bond donors (Lipinski definition) is 2. The van der Waals surface area contributed by atoms with E-state index in [2.05, 4.69) is 4.98 Å². The molecular weight excluding hydrogens is 200 g/mol. The van der Waals surface area contributed by atoms with Crippen LogP contribution in [0.15, 0.2) is 6.20 Å². The number of halogens is 2. The van der Waals surface area contributed by atoms with Crippen LogP contribution in [-0.2, 0) is 0 Å². The summed E-state index contributed by atoms with van der Waals surface area (Å²) in [5.41, 5.74) is 2.87. The Balaban J connectivity index is 3.50. The number of nitrogens with zero attached hydrogens (tertiary/aromatic N) is 2. The smallest absolute Gasteiger partial charge is 0.323 e. The normalized spacial score (nSPS) is 10.5. The molecule has 8 heteroatoms. The molecule has 1 heterocycles. The molecule has 0 atom stereocenters. The zero-order chi connectivity index (χ0) is 10.9. The molecule has 0 aliphatic heterocycles. The van der Waals surface area contributed by atoms with Crippen LogP contribution in [0.2, 0.25) is 0 Å². The first-order valence-electron chi connectivity index (χ1n) is 3.35. The summed E-state index contributed by atoms with van der Waals surface area (Å²) in [5.74, 6) is -1.59. The number of nitrogens with two attached hydrogens (primary N) is 1. The predicted molar refractivity (Wildman–Crippen MR) is 41.9 cm³/mol. The largest absolute Gasteiger partial charge is 0.506 e. The maximum Gasteiger partial charge on any atom is 0.323 e. The van der Waals surface area contributed by atoms with Gasteiger partial charge in [0.05, 0.1) is 11.1 Å². The second-order valence-corrected chi connectivity index (χ2v) is 2.35. The highest BCUT2D eigenvalue weighted by atomic mass is 19.3. The molecule has 0 fully saturated rings. The van der Waals surface area contributed by atoms with Crippen LogP contribution >= 0.6 is 0 Å². The number of alkyl halides is 2. The first kappa shape index (κ1) is 10.1. The van der Waals surface area contributed by atoms with Crippen LogP contribution in [0.3, 0.4) is 0 Å².